The number of halogens is 1. The molecule has 0 unspecified atom stereocenters. The van der Waals surface area contributed by atoms with E-state index in [0.717, 1.165) is 19.0 Å². The number of nitrogens with zero attached hydrogens (tertiary/aromatic N) is 1. The van der Waals surface area contributed by atoms with Crippen LogP contribution in [-0.4, -0.2) is 51.1 Å². The van der Waals surface area contributed by atoms with E-state index in [1.807, 2.05) is 4.90 Å². The summed E-state index contributed by atoms with van der Waals surface area (Å²) in [6.45, 7) is 1.62. The van der Waals surface area contributed by atoms with Crippen molar-refractivity contribution in [3.8, 4) is 0 Å². The molecule has 1 aromatic carbocycles. The highest BCUT2D eigenvalue weighted by Gasteiger charge is 2.36. The topological polar surface area (TPSA) is 75.7 Å². The maximum Gasteiger partial charge on any atom is 0.323 e. The van der Waals surface area contributed by atoms with E-state index in [-0.39, 0.29) is 22.9 Å². The molecule has 23 heavy (non-hydrogen) atoms. The summed E-state index contributed by atoms with van der Waals surface area (Å²) in [7, 11) is -3.78. The molecule has 0 aromatic heterocycles. The monoisotopic (exact) mass is 342 g/mol. The van der Waals surface area contributed by atoms with Gasteiger partial charge in [-0.3, -0.25) is 9.69 Å². The lowest BCUT2D eigenvalue weighted by Crippen LogP contribution is -2.52. The maximum atomic E-state index is 13.2. The van der Waals surface area contributed by atoms with Crippen LogP contribution in [0.2, 0.25) is 0 Å². The molecule has 0 aliphatic carbocycles. The molecule has 6 nitrogen and oxygen atoms in total. The molecular weight excluding hydrogens is 323 g/mol. The Morgan fingerprint density at radius 1 is 1.30 bits per heavy atom. The summed E-state index contributed by atoms with van der Waals surface area (Å²) < 4.78 is 45.5. The van der Waals surface area contributed by atoms with Crippen LogP contribution in [-0.2, 0) is 19.6 Å². The average molecular weight is 342 g/mol. The lowest BCUT2D eigenvalue weighted by molar-refractivity contribution is -0.142. The van der Waals surface area contributed by atoms with Crippen molar-refractivity contribution in [2.45, 2.75) is 36.2 Å². The van der Waals surface area contributed by atoms with E-state index in [1.54, 1.807) is 0 Å². The van der Waals surface area contributed by atoms with Crippen molar-refractivity contribution in [3.63, 3.8) is 0 Å². The fourth-order valence-corrected chi connectivity index (χ4v) is 4.42. The van der Waals surface area contributed by atoms with Crippen LogP contribution in [0, 0.1) is 5.82 Å². The summed E-state index contributed by atoms with van der Waals surface area (Å²) in [5.41, 5.74) is 0. The first-order valence-electron chi connectivity index (χ1n) is 7.64. The Hall–Kier alpha value is -1.51. The lowest BCUT2D eigenvalue weighted by atomic mass is 10.0. The Morgan fingerprint density at radius 3 is 2.83 bits per heavy atom. The number of likely N-dealkylation sites (tertiary alicyclic amines) is 1. The van der Waals surface area contributed by atoms with E-state index in [1.165, 1.54) is 18.2 Å². The number of carbonyl (C=O) groups is 1. The highest BCUT2D eigenvalue weighted by atomic mass is 32.2. The second-order valence-corrected chi connectivity index (χ2v) is 7.60. The number of sulfonamides is 1. The first-order valence-corrected chi connectivity index (χ1v) is 9.12. The summed E-state index contributed by atoms with van der Waals surface area (Å²) in [5.74, 6) is -0.828. The molecular formula is C15H19FN2O4S. The third-order valence-electron chi connectivity index (χ3n) is 4.23. The third kappa shape index (κ3) is 3.70. The van der Waals surface area contributed by atoms with Crippen molar-refractivity contribution in [2.24, 2.45) is 0 Å². The fraction of sp³-hybridized carbons (Fsp3) is 0.533. The van der Waals surface area contributed by atoms with Crippen LogP contribution >= 0.6 is 0 Å². The predicted octanol–water partition coefficient (Wildman–Crippen LogP) is 0.884. The molecule has 0 radical (unpaired) electrons. The highest BCUT2D eigenvalue weighted by molar-refractivity contribution is 7.89. The number of hydrogen-bond donors (Lipinski definition) is 1. The van der Waals surface area contributed by atoms with E-state index < -0.39 is 15.8 Å². The number of carbonyl (C=O) groups excluding carboxylic acids is 1. The third-order valence-corrected chi connectivity index (χ3v) is 5.75. The van der Waals surface area contributed by atoms with Crippen molar-refractivity contribution in [1.82, 2.24) is 9.62 Å². The molecule has 2 heterocycles. The molecule has 126 valence electrons. The summed E-state index contributed by atoms with van der Waals surface area (Å²) >= 11 is 0. The molecule has 1 aromatic rings. The van der Waals surface area contributed by atoms with Crippen molar-refractivity contribution < 1.29 is 22.3 Å². The van der Waals surface area contributed by atoms with Gasteiger partial charge in [0, 0.05) is 19.0 Å². The molecule has 2 saturated heterocycles. The largest absolute Gasteiger partial charge is 0.464 e. The van der Waals surface area contributed by atoms with Gasteiger partial charge in [0.25, 0.3) is 0 Å². The smallest absolute Gasteiger partial charge is 0.323 e. The van der Waals surface area contributed by atoms with Crippen LogP contribution in [0.5, 0.6) is 0 Å². The van der Waals surface area contributed by atoms with Crippen molar-refractivity contribution >= 4 is 16.0 Å². The van der Waals surface area contributed by atoms with Gasteiger partial charge in [-0.05, 0) is 37.6 Å². The van der Waals surface area contributed by atoms with Crippen LogP contribution in [0.4, 0.5) is 4.39 Å². The zero-order valence-corrected chi connectivity index (χ0v) is 13.4. The Kier molecular flexibility index (Phi) is 4.65. The van der Waals surface area contributed by atoms with Crippen molar-refractivity contribution in [2.75, 3.05) is 19.7 Å². The summed E-state index contributed by atoms with van der Waals surface area (Å²) in [6.07, 6.45) is 2.12. The summed E-state index contributed by atoms with van der Waals surface area (Å²) in [6, 6.07) is 4.35. The van der Waals surface area contributed by atoms with Gasteiger partial charge in [-0.1, -0.05) is 6.07 Å². The quantitative estimate of drug-likeness (QED) is 0.822. The predicted molar refractivity (Wildman–Crippen MR) is 80.7 cm³/mol. The van der Waals surface area contributed by atoms with Gasteiger partial charge >= 0.3 is 5.97 Å². The molecule has 0 bridgehead atoms. The first kappa shape index (κ1) is 16.4. The van der Waals surface area contributed by atoms with Gasteiger partial charge in [-0.25, -0.2) is 17.5 Å². The standard InChI is InChI=1S/C15H19FN2O4S/c16-11-3-1-5-13(9-11)23(20,21)17-12-4-2-7-18(10-12)14-6-8-22-15(14)19/h1,3,5,9,12,14,17H,2,4,6-8,10H2/t12-,14+/m0/s1. The highest BCUT2D eigenvalue weighted by Crippen LogP contribution is 2.21. The molecule has 8 heteroatoms. The van der Waals surface area contributed by atoms with E-state index in [0.29, 0.717) is 26.0 Å². The van der Waals surface area contributed by atoms with Gasteiger partial charge in [0.05, 0.1) is 11.5 Å². The number of ether oxygens (including phenoxy) is 1. The molecule has 2 aliphatic heterocycles. The molecule has 0 saturated carbocycles. The Labute approximate surface area is 134 Å². The fourth-order valence-electron chi connectivity index (χ4n) is 3.12. The van der Waals surface area contributed by atoms with Crippen LogP contribution in [0.15, 0.2) is 29.2 Å². The Balaban J connectivity index is 1.68. The van der Waals surface area contributed by atoms with E-state index >= 15 is 0 Å². The number of esters is 1. The second kappa shape index (κ2) is 6.54. The molecule has 2 fully saturated rings. The van der Waals surface area contributed by atoms with Gasteiger partial charge in [0.15, 0.2) is 0 Å². The SMILES string of the molecule is O=C1OCC[C@H]1N1CCC[C@H](NS(=O)(=O)c2cccc(F)c2)C1. The molecule has 0 spiro atoms. The number of rotatable bonds is 4. The Bertz CT molecular complexity index is 694. The van der Waals surface area contributed by atoms with Crippen LogP contribution in [0.1, 0.15) is 19.3 Å². The molecule has 2 aliphatic rings. The number of benzene rings is 1. The van der Waals surface area contributed by atoms with E-state index in [4.69, 9.17) is 4.74 Å². The molecule has 3 rings (SSSR count). The number of cyclic esters (lactones) is 1. The zero-order chi connectivity index (χ0) is 16.4. The molecule has 0 amide bonds. The summed E-state index contributed by atoms with van der Waals surface area (Å²) in [5, 5.41) is 0. The van der Waals surface area contributed by atoms with E-state index in [2.05, 4.69) is 4.72 Å². The second-order valence-electron chi connectivity index (χ2n) is 5.88. The summed E-state index contributed by atoms with van der Waals surface area (Å²) in [4.78, 5) is 13.6. The number of hydrogen-bond acceptors (Lipinski definition) is 5. The minimum atomic E-state index is -3.78. The van der Waals surface area contributed by atoms with Gasteiger partial charge in [0.1, 0.15) is 11.9 Å². The number of nitrogens with one attached hydrogen (secondary N) is 1. The van der Waals surface area contributed by atoms with Gasteiger partial charge in [-0.15, -0.1) is 0 Å². The van der Waals surface area contributed by atoms with Gasteiger partial charge in [-0.2, -0.15) is 0 Å². The van der Waals surface area contributed by atoms with Crippen LogP contribution in [0.25, 0.3) is 0 Å². The number of piperidine rings is 1. The van der Waals surface area contributed by atoms with Gasteiger partial charge in [0.2, 0.25) is 10.0 Å². The minimum absolute atomic E-state index is 0.0881. The minimum Gasteiger partial charge on any atom is -0.464 e. The van der Waals surface area contributed by atoms with Gasteiger partial charge < -0.3 is 4.74 Å². The van der Waals surface area contributed by atoms with Crippen LogP contribution in [0.3, 0.4) is 0 Å². The first-order chi connectivity index (χ1) is 11.0. The maximum absolute atomic E-state index is 13.2. The lowest BCUT2D eigenvalue weighted by Gasteiger charge is -2.35. The van der Waals surface area contributed by atoms with Crippen LogP contribution < -0.4 is 4.72 Å². The molecule has 2 atom stereocenters. The molecule has 1 N–H and O–H groups in total. The van der Waals surface area contributed by atoms with Crippen molar-refractivity contribution in [1.29, 1.82) is 0 Å². The Morgan fingerprint density at radius 2 is 2.13 bits per heavy atom. The zero-order valence-electron chi connectivity index (χ0n) is 12.6. The normalized spacial score (nSPS) is 26.2. The van der Waals surface area contributed by atoms with Crippen molar-refractivity contribution in [3.05, 3.63) is 30.1 Å². The van der Waals surface area contributed by atoms with E-state index in [9.17, 15) is 17.6 Å². The average Bonchev–Trinajstić information content (AvgIpc) is 2.93.